The SMILES string of the molecule is CS(=O)(=O)N[C@@H]1CCCN(CCC(=O)Nc2cccc(F)c2)C1. The number of carbonyl (C=O) groups is 1. The molecule has 1 heterocycles. The summed E-state index contributed by atoms with van der Waals surface area (Å²) in [7, 11) is -3.21. The van der Waals surface area contributed by atoms with Crippen LogP contribution in [0.4, 0.5) is 10.1 Å². The van der Waals surface area contributed by atoms with E-state index in [2.05, 4.69) is 14.9 Å². The quantitative estimate of drug-likeness (QED) is 0.813. The number of piperidine rings is 1. The molecule has 23 heavy (non-hydrogen) atoms. The fourth-order valence-corrected chi connectivity index (χ4v) is 3.50. The van der Waals surface area contributed by atoms with E-state index in [0.29, 0.717) is 18.8 Å². The van der Waals surface area contributed by atoms with E-state index in [9.17, 15) is 17.6 Å². The summed E-state index contributed by atoms with van der Waals surface area (Å²) in [4.78, 5) is 14.0. The fraction of sp³-hybridized carbons (Fsp3) is 0.533. The lowest BCUT2D eigenvalue weighted by atomic mass is 10.1. The Balaban J connectivity index is 1.77. The maximum atomic E-state index is 13.1. The van der Waals surface area contributed by atoms with Gasteiger partial charge in [-0.05, 0) is 37.6 Å². The summed E-state index contributed by atoms with van der Waals surface area (Å²) in [5.74, 6) is -0.581. The molecule has 6 nitrogen and oxygen atoms in total. The average Bonchev–Trinajstić information content (AvgIpc) is 2.44. The fourth-order valence-electron chi connectivity index (χ4n) is 2.71. The summed E-state index contributed by atoms with van der Waals surface area (Å²) < 4.78 is 38.2. The van der Waals surface area contributed by atoms with Crippen molar-refractivity contribution >= 4 is 21.6 Å². The zero-order valence-corrected chi connectivity index (χ0v) is 13.9. The molecule has 0 aliphatic carbocycles. The first kappa shape index (κ1) is 17.8. The van der Waals surface area contributed by atoms with Crippen molar-refractivity contribution in [3.8, 4) is 0 Å². The van der Waals surface area contributed by atoms with Crippen LogP contribution in [0.25, 0.3) is 0 Å². The molecule has 1 amide bonds. The molecule has 1 fully saturated rings. The van der Waals surface area contributed by atoms with Gasteiger partial charge in [0.25, 0.3) is 0 Å². The van der Waals surface area contributed by atoms with E-state index in [1.165, 1.54) is 18.2 Å². The Morgan fingerprint density at radius 1 is 1.43 bits per heavy atom. The second kappa shape index (κ2) is 7.85. The Bertz CT molecular complexity index is 651. The molecule has 1 atom stereocenters. The van der Waals surface area contributed by atoms with Gasteiger partial charge in [0.05, 0.1) is 6.26 Å². The lowest BCUT2D eigenvalue weighted by molar-refractivity contribution is -0.116. The van der Waals surface area contributed by atoms with E-state index >= 15 is 0 Å². The number of carbonyl (C=O) groups excluding carboxylic acids is 1. The van der Waals surface area contributed by atoms with E-state index in [1.54, 1.807) is 6.07 Å². The van der Waals surface area contributed by atoms with Crippen molar-refractivity contribution in [2.45, 2.75) is 25.3 Å². The van der Waals surface area contributed by atoms with Crippen molar-refractivity contribution < 1.29 is 17.6 Å². The predicted octanol–water partition coefficient (Wildman–Crippen LogP) is 1.17. The molecular weight excluding hydrogens is 321 g/mol. The van der Waals surface area contributed by atoms with Gasteiger partial charge in [-0.15, -0.1) is 0 Å². The summed E-state index contributed by atoms with van der Waals surface area (Å²) in [6.07, 6.45) is 3.12. The van der Waals surface area contributed by atoms with Crippen molar-refractivity contribution in [3.05, 3.63) is 30.1 Å². The topological polar surface area (TPSA) is 78.5 Å². The van der Waals surface area contributed by atoms with Crippen LogP contribution in [0.15, 0.2) is 24.3 Å². The lowest BCUT2D eigenvalue weighted by Gasteiger charge is -2.32. The molecule has 0 aromatic heterocycles. The van der Waals surface area contributed by atoms with Crippen LogP contribution in [-0.4, -0.2) is 51.2 Å². The van der Waals surface area contributed by atoms with Gasteiger partial charge < -0.3 is 10.2 Å². The summed E-state index contributed by atoms with van der Waals surface area (Å²) in [5.41, 5.74) is 0.435. The van der Waals surface area contributed by atoms with E-state index in [0.717, 1.165) is 25.6 Å². The Morgan fingerprint density at radius 2 is 2.22 bits per heavy atom. The van der Waals surface area contributed by atoms with Gasteiger partial charge >= 0.3 is 0 Å². The summed E-state index contributed by atoms with van der Waals surface area (Å²) in [6.45, 7) is 1.98. The first-order valence-electron chi connectivity index (χ1n) is 7.57. The second-order valence-corrected chi connectivity index (χ2v) is 7.62. The zero-order chi connectivity index (χ0) is 16.9. The third-order valence-electron chi connectivity index (χ3n) is 3.65. The van der Waals surface area contributed by atoms with Crippen molar-refractivity contribution in [1.29, 1.82) is 0 Å². The smallest absolute Gasteiger partial charge is 0.225 e. The standard InChI is InChI=1S/C15H22FN3O3S/c1-23(21,22)18-14-6-3-8-19(11-14)9-7-15(20)17-13-5-2-4-12(16)10-13/h2,4-5,10,14,18H,3,6-9,11H2,1H3,(H,17,20)/t14-/m1/s1. The van der Waals surface area contributed by atoms with Gasteiger partial charge in [0.1, 0.15) is 5.82 Å². The Labute approximate surface area is 136 Å². The summed E-state index contributed by atoms with van der Waals surface area (Å²) >= 11 is 0. The van der Waals surface area contributed by atoms with Crippen molar-refractivity contribution in [3.63, 3.8) is 0 Å². The summed E-state index contributed by atoms with van der Waals surface area (Å²) in [5, 5.41) is 2.65. The number of sulfonamides is 1. The molecule has 0 saturated carbocycles. The van der Waals surface area contributed by atoms with Crippen LogP contribution in [0.2, 0.25) is 0 Å². The van der Waals surface area contributed by atoms with Gasteiger partial charge in [-0.3, -0.25) is 4.79 Å². The highest BCUT2D eigenvalue weighted by Crippen LogP contribution is 2.12. The minimum absolute atomic E-state index is 0.106. The van der Waals surface area contributed by atoms with Crippen LogP contribution in [0.5, 0.6) is 0 Å². The monoisotopic (exact) mass is 343 g/mol. The molecule has 0 unspecified atom stereocenters. The average molecular weight is 343 g/mol. The van der Waals surface area contributed by atoms with Crippen LogP contribution < -0.4 is 10.0 Å². The molecule has 0 spiro atoms. The molecular formula is C15H22FN3O3S. The van der Waals surface area contributed by atoms with Crippen LogP contribution in [-0.2, 0) is 14.8 Å². The number of benzene rings is 1. The number of nitrogens with one attached hydrogen (secondary N) is 2. The highest BCUT2D eigenvalue weighted by atomic mass is 32.2. The minimum Gasteiger partial charge on any atom is -0.326 e. The predicted molar refractivity (Wildman–Crippen MR) is 87.1 cm³/mol. The summed E-state index contributed by atoms with van der Waals surface area (Å²) in [6, 6.07) is 5.65. The first-order valence-corrected chi connectivity index (χ1v) is 9.46. The Morgan fingerprint density at radius 3 is 2.91 bits per heavy atom. The maximum Gasteiger partial charge on any atom is 0.225 e. The molecule has 8 heteroatoms. The zero-order valence-electron chi connectivity index (χ0n) is 13.1. The number of rotatable bonds is 6. The van der Waals surface area contributed by atoms with E-state index in [4.69, 9.17) is 0 Å². The van der Waals surface area contributed by atoms with Crippen LogP contribution in [0, 0.1) is 5.82 Å². The number of hydrogen-bond acceptors (Lipinski definition) is 4. The number of nitrogens with zero attached hydrogens (tertiary/aromatic N) is 1. The molecule has 2 rings (SSSR count). The van der Waals surface area contributed by atoms with Crippen molar-refractivity contribution in [2.24, 2.45) is 0 Å². The number of anilines is 1. The molecule has 1 aromatic rings. The molecule has 1 aliphatic rings. The molecule has 128 valence electrons. The normalized spacial score (nSPS) is 19.5. The maximum absolute atomic E-state index is 13.1. The van der Waals surface area contributed by atoms with E-state index in [1.807, 2.05) is 0 Å². The molecule has 2 N–H and O–H groups in total. The van der Waals surface area contributed by atoms with E-state index in [-0.39, 0.29) is 18.4 Å². The lowest BCUT2D eigenvalue weighted by Crippen LogP contribution is -2.47. The number of hydrogen-bond donors (Lipinski definition) is 2. The van der Waals surface area contributed by atoms with Gasteiger partial charge in [-0.2, -0.15) is 0 Å². The first-order chi connectivity index (χ1) is 10.8. The number of likely N-dealkylation sites (tertiary alicyclic amines) is 1. The molecule has 0 radical (unpaired) electrons. The largest absolute Gasteiger partial charge is 0.326 e. The van der Waals surface area contributed by atoms with Gasteiger partial charge in [0.2, 0.25) is 15.9 Å². The van der Waals surface area contributed by atoms with Crippen LogP contribution in [0.1, 0.15) is 19.3 Å². The molecule has 0 bridgehead atoms. The number of amides is 1. The Hall–Kier alpha value is -1.51. The van der Waals surface area contributed by atoms with Gasteiger partial charge in [0, 0.05) is 31.2 Å². The third kappa shape index (κ3) is 6.64. The minimum atomic E-state index is -3.21. The molecule has 1 aliphatic heterocycles. The molecule has 1 aromatic carbocycles. The third-order valence-corrected chi connectivity index (χ3v) is 4.41. The van der Waals surface area contributed by atoms with Crippen LogP contribution in [0.3, 0.4) is 0 Å². The van der Waals surface area contributed by atoms with Crippen molar-refractivity contribution in [1.82, 2.24) is 9.62 Å². The van der Waals surface area contributed by atoms with Gasteiger partial charge in [-0.1, -0.05) is 6.07 Å². The highest BCUT2D eigenvalue weighted by molar-refractivity contribution is 7.88. The Kier molecular flexibility index (Phi) is 6.09. The van der Waals surface area contributed by atoms with Crippen molar-refractivity contribution in [2.75, 3.05) is 31.2 Å². The molecule has 1 saturated heterocycles. The second-order valence-electron chi connectivity index (χ2n) is 5.84. The van der Waals surface area contributed by atoms with E-state index < -0.39 is 15.8 Å². The van der Waals surface area contributed by atoms with Gasteiger partial charge in [0.15, 0.2) is 0 Å². The van der Waals surface area contributed by atoms with Crippen LogP contribution >= 0.6 is 0 Å². The van der Waals surface area contributed by atoms with Gasteiger partial charge in [-0.25, -0.2) is 17.5 Å². The number of halogens is 1. The highest BCUT2D eigenvalue weighted by Gasteiger charge is 2.22.